The number of ketones is 1. The van der Waals surface area contributed by atoms with Crippen LogP contribution in [0, 0.1) is 5.82 Å². The maximum Gasteiger partial charge on any atom is 0.147 e. The Morgan fingerprint density at radius 2 is 1.96 bits per heavy atom. The molecule has 0 amide bonds. The number of rotatable bonds is 9. The van der Waals surface area contributed by atoms with Crippen LogP contribution < -0.4 is 0 Å². The van der Waals surface area contributed by atoms with Crippen LogP contribution in [0.1, 0.15) is 39.2 Å². The van der Waals surface area contributed by atoms with Gasteiger partial charge in [0.15, 0.2) is 0 Å². The third-order valence-electron chi connectivity index (χ3n) is 4.87. The average molecular weight is 361 g/mol. The van der Waals surface area contributed by atoms with Gasteiger partial charge in [0.1, 0.15) is 17.4 Å². The molecule has 4 heteroatoms. The minimum absolute atomic E-state index is 0.0806. The summed E-state index contributed by atoms with van der Waals surface area (Å²) in [5.41, 5.74) is -1.07. The summed E-state index contributed by atoms with van der Waals surface area (Å²) < 4.78 is 29.7. The van der Waals surface area contributed by atoms with Gasteiger partial charge in [-0.15, -0.1) is 0 Å². The quantitative estimate of drug-likeness (QED) is 0.551. The maximum atomic E-state index is 14.9. The first-order chi connectivity index (χ1) is 12.3. The summed E-state index contributed by atoms with van der Waals surface area (Å²) in [5.74, 6) is -1.28. The van der Waals surface area contributed by atoms with E-state index in [0.29, 0.717) is 0 Å². The second-order valence-corrected chi connectivity index (χ2v) is 6.63. The molecule has 0 unspecified atom stereocenters. The molecule has 0 N–H and O–H groups in total. The molecule has 1 aromatic rings. The topological polar surface area (TPSA) is 20.3 Å². The number of benzene rings is 1. The molecule has 142 valence electrons. The summed E-state index contributed by atoms with van der Waals surface area (Å²) in [6.45, 7) is 8.88. The van der Waals surface area contributed by atoms with Crippen molar-refractivity contribution >= 4 is 5.78 Å². The van der Waals surface area contributed by atoms with Crippen LogP contribution in [0.25, 0.3) is 0 Å². The zero-order valence-electron chi connectivity index (χ0n) is 16.4. The van der Waals surface area contributed by atoms with Gasteiger partial charge in [0.05, 0.1) is 5.41 Å². The highest BCUT2D eigenvalue weighted by atomic mass is 19.1. The van der Waals surface area contributed by atoms with Crippen molar-refractivity contribution in [3.05, 3.63) is 71.9 Å². The van der Waals surface area contributed by atoms with Crippen molar-refractivity contribution in [3.8, 4) is 0 Å². The molecular formula is C22H29F2NO. The standard InChI is InChI=1S/C22H29F2NO/c1-7-12-17(19(23)8-2)22(21(26)9-3,15-16(4)25(5)6)18-13-10-11-14-20(18)24/h7-8,10-14,16H,1,9,15H2,2-6H3/b17-12+,19-8+/t16-,22+/m0/s1. The number of allylic oxidation sites excluding steroid dienone is 5. The minimum Gasteiger partial charge on any atom is -0.307 e. The lowest BCUT2D eigenvalue weighted by Gasteiger charge is -2.38. The van der Waals surface area contributed by atoms with E-state index in [1.807, 2.05) is 25.9 Å². The predicted octanol–water partition coefficient (Wildman–Crippen LogP) is 5.37. The van der Waals surface area contributed by atoms with Crippen molar-refractivity contribution in [2.45, 2.75) is 45.1 Å². The monoisotopic (exact) mass is 361 g/mol. The number of hydrogen-bond donors (Lipinski definition) is 0. The fourth-order valence-electron chi connectivity index (χ4n) is 3.21. The van der Waals surface area contributed by atoms with Gasteiger partial charge in [-0.05, 0) is 40.4 Å². The Hall–Kier alpha value is -2.07. The van der Waals surface area contributed by atoms with E-state index < -0.39 is 17.1 Å². The highest BCUT2D eigenvalue weighted by Gasteiger charge is 2.46. The largest absolute Gasteiger partial charge is 0.307 e. The highest BCUT2D eigenvalue weighted by Crippen LogP contribution is 2.44. The molecule has 0 radical (unpaired) electrons. The Morgan fingerprint density at radius 3 is 2.42 bits per heavy atom. The minimum atomic E-state index is -1.42. The molecule has 0 saturated carbocycles. The second kappa shape index (κ2) is 9.58. The van der Waals surface area contributed by atoms with Gasteiger partial charge in [-0.25, -0.2) is 8.78 Å². The van der Waals surface area contributed by atoms with Crippen molar-refractivity contribution in [2.75, 3.05) is 14.1 Å². The summed E-state index contributed by atoms with van der Waals surface area (Å²) in [6.07, 6.45) is 4.65. The third kappa shape index (κ3) is 4.36. The van der Waals surface area contributed by atoms with Gasteiger partial charge < -0.3 is 4.90 Å². The van der Waals surface area contributed by atoms with Crippen molar-refractivity contribution in [2.24, 2.45) is 0 Å². The average Bonchev–Trinajstić information content (AvgIpc) is 2.63. The van der Waals surface area contributed by atoms with Crippen LogP contribution in [0.4, 0.5) is 8.78 Å². The Morgan fingerprint density at radius 1 is 1.35 bits per heavy atom. The lowest BCUT2D eigenvalue weighted by molar-refractivity contribution is -0.123. The molecule has 2 atom stereocenters. The number of nitrogens with zero attached hydrogens (tertiary/aromatic N) is 1. The van der Waals surface area contributed by atoms with Crippen molar-refractivity contribution in [1.82, 2.24) is 4.90 Å². The third-order valence-corrected chi connectivity index (χ3v) is 4.87. The van der Waals surface area contributed by atoms with Crippen LogP contribution in [0.15, 0.2) is 60.5 Å². The van der Waals surface area contributed by atoms with E-state index in [0.717, 1.165) is 0 Å². The lowest BCUT2D eigenvalue weighted by atomic mass is 9.65. The van der Waals surface area contributed by atoms with Crippen LogP contribution in [0.3, 0.4) is 0 Å². The Bertz CT molecular complexity index is 706. The molecule has 26 heavy (non-hydrogen) atoms. The summed E-state index contributed by atoms with van der Waals surface area (Å²) in [5, 5.41) is 0. The fourth-order valence-corrected chi connectivity index (χ4v) is 3.21. The molecule has 0 saturated heterocycles. The van der Waals surface area contributed by atoms with E-state index >= 15 is 0 Å². The number of halogens is 2. The zero-order chi connectivity index (χ0) is 19.9. The van der Waals surface area contributed by atoms with Gasteiger partial charge in [-0.1, -0.05) is 49.9 Å². The smallest absolute Gasteiger partial charge is 0.147 e. The first-order valence-corrected chi connectivity index (χ1v) is 8.86. The first-order valence-electron chi connectivity index (χ1n) is 8.86. The van der Waals surface area contributed by atoms with Crippen molar-refractivity contribution in [3.63, 3.8) is 0 Å². The fraction of sp³-hybridized carbons (Fsp3) is 0.409. The SMILES string of the molecule is C=C/C=C(\C(F)=C/C)[C@@](C[C@H](C)N(C)C)(C(=O)CC)c1ccccc1F. The van der Waals surface area contributed by atoms with Crippen molar-refractivity contribution in [1.29, 1.82) is 0 Å². The van der Waals surface area contributed by atoms with E-state index in [1.54, 1.807) is 32.0 Å². The molecule has 0 aliphatic rings. The molecule has 0 heterocycles. The van der Waals surface area contributed by atoms with Gasteiger partial charge in [0, 0.05) is 23.6 Å². The molecular weight excluding hydrogens is 332 g/mol. The molecule has 0 bridgehead atoms. The second-order valence-electron chi connectivity index (χ2n) is 6.63. The molecule has 1 rings (SSSR count). The maximum absolute atomic E-state index is 14.9. The molecule has 0 spiro atoms. The molecule has 2 nitrogen and oxygen atoms in total. The Kier molecular flexibility index (Phi) is 8.09. The molecule has 1 aromatic carbocycles. The highest BCUT2D eigenvalue weighted by molar-refractivity contribution is 5.94. The normalized spacial score (nSPS) is 16.3. The molecule has 0 fully saturated rings. The molecule has 0 aromatic heterocycles. The summed E-state index contributed by atoms with van der Waals surface area (Å²) in [4.78, 5) is 15.2. The van der Waals surface area contributed by atoms with E-state index in [4.69, 9.17) is 0 Å². The van der Waals surface area contributed by atoms with E-state index in [-0.39, 0.29) is 35.8 Å². The predicted molar refractivity (Wildman–Crippen MR) is 104 cm³/mol. The molecule has 0 aliphatic heterocycles. The number of carbonyl (C=O) groups excluding carboxylic acids is 1. The van der Waals surface area contributed by atoms with Crippen LogP contribution >= 0.6 is 0 Å². The van der Waals surface area contributed by atoms with Gasteiger partial charge in [0.25, 0.3) is 0 Å². The van der Waals surface area contributed by atoms with E-state index in [2.05, 4.69) is 6.58 Å². The zero-order valence-corrected chi connectivity index (χ0v) is 16.4. The lowest BCUT2D eigenvalue weighted by Crippen LogP contribution is -2.44. The Labute approximate surface area is 155 Å². The van der Waals surface area contributed by atoms with Crippen LogP contribution in [0.2, 0.25) is 0 Å². The van der Waals surface area contributed by atoms with Crippen LogP contribution in [-0.4, -0.2) is 30.8 Å². The molecule has 0 aliphatic carbocycles. The Balaban J connectivity index is 3.92. The number of carbonyl (C=O) groups is 1. The van der Waals surface area contributed by atoms with Crippen LogP contribution in [0.5, 0.6) is 0 Å². The van der Waals surface area contributed by atoms with Gasteiger partial charge in [-0.3, -0.25) is 4.79 Å². The summed E-state index contributed by atoms with van der Waals surface area (Å²) >= 11 is 0. The van der Waals surface area contributed by atoms with E-state index in [1.165, 1.54) is 24.3 Å². The summed E-state index contributed by atoms with van der Waals surface area (Å²) in [7, 11) is 3.77. The van der Waals surface area contributed by atoms with Gasteiger partial charge in [-0.2, -0.15) is 0 Å². The van der Waals surface area contributed by atoms with Crippen molar-refractivity contribution < 1.29 is 13.6 Å². The van der Waals surface area contributed by atoms with E-state index in [9.17, 15) is 13.6 Å². The number of hydrogen-bond acceptors (Lipinski definition) is 2. The summed E-state index contributed by atoms with van der Waals surface area (Å²) in [6, 6.07) is 6.05. The number of Topliss-reactive ketones (excluding diaryl/α,β-unsaturated/α-hetero) is 1. The first kappa shape index (κ1) is 22.0. The van der Waals surface area contributed by atoms with Gasteiger partial charge in [0.2, 0.25) is 0 Å². The van der Waals surface area contributed by atoms with Crippen LogP contribution in [-0.2, 0) is 10.2 Å². The van der Waals surface area contributed by atoms with Gasteiger partial charge >= 0.3 is 0 Å².